The van der Waals surface area contributed by atoms with Gasteiger partial charge in [-0.2, -0.15) is 0 Å². The lowest BCUT2D eigenvalue weighted by atomic mass is 9.97. The number of hydrogen-bond donors (Lipinski definition) is 2. The number of hydrogen-bond acceptors (Lipinski definition) is 5. The average Bonchev–Trinajstić information content (AvgIpc) is 2.70. The highest BCUT2D eigenvalue weighted by Gasteiger charge is 2.46. The van der Waals surface area contributed by atoms with E-state index < -0.39 is 29.3 Å². The third-order valence-corrected chi connectivity index (χ3v) is 3.90. The van der Waals surface area contributed by atoms with Crippen molar-refractivity contribution in [1.29, 1.82) is 0 Å². The van der Waals surface area contributed by atoms with Crippen LogP contribution in [0.25, 0.3) is 0 Å². The molecule has 2 fully saturated rings. The molecule has 98 valence electrons. The number of rotatable bonds is 1. The van der Waals surface area contributed by atoms with Crippen molar-refractivity contribution in [2.45, 2.75) is 25.4 Å². The zero-order valence-corrected chi connectivity index (χ0v) is 10.8. The molecule has 2 saturated heterocycles. The molecular weight excluding hydrogens is 258 g/mol. The number of thioether (sulfide) groups is 1. The van der Waals surface area contributed by atoms with Crippen LogP contribution >= 0.6 is 11.8 Å². The van der Waals surface area contributed by atoms with E-state index in [1.54, 1.807) is 13.8 Å². The largest absolute Gasteiger partial charge is 0.334 e. The standard InChI is InChI=1S/C10H13N3O4S/c1-10(2)8(16)12-6(14)3-13(10)7(15)5-4-18-9(17)11-5/h5H,3-4H2,1-2H3,(H,11,17)(H,12,14,16). The molecule has 0 bridgehead atoms. The molecule has 18 heavy (non-hydrogen) atoms. The molecule has 0 spiro atoms. The molecule has 4 amide bonds. The van der Waals surface area contributed by atoms with Crippen molar-refractivity contribution in [1.82, 2.24) is 15.5 Å². The van der Waals surface area contributed by atoms with E-state index in [0.29, 0.717) is 5.75 Å². The monoisotopic (exact) mass is 271 g/mol. The third-order valence-electron chi connectivity index (χ3n) is 3.02. The molecule has 0 aliphatic carbocycles. The molecule has 2 rings (SSSR count). The van der Waals surface area contributed by atoms with Gasteiger partial charge >= 0.3 is 0 Å². The first-order chi connectivity index (χ1) is 8.32. The zero-order valence-electron chi connectivity index (χ0n) is 9.98. The maximum Gasteiger partial charge on any atom is 0.279 e. The summed E-state index contributed by atoms with van der Waals surface area (Å²) in [4.78, 5) is 47.5. The van der Waals surface area contributed by atoms with E-state index in [4.69, 9.17) is 0 Å². The molecule has 0 radical (unpaired) electrons. The van der Waals surface area contributed by atoms with Crippen molar-refractivity contribution in [2.24, 2.45) is 0 Å². The molecule has 1 unspecified atom stereocenters. The highest BCUT2D eigenvalue weighted by molar-refractivity contribution is 8.14. The van der Waals surface area contributed by atoms with Gasteiger partial charge in [0.05, 0.1) is 0 Å². The summed E-state index contributed by atoms with van der Waals surface area (Å²) >= 11 is 1.02. The maximum absolute atomic E-state index is 12.2. The molecule has 0 aromatic heterocycles. The maximum atomic E-state index is 12.2. The van der Waals surface area contributed by atoms with Gasteiger partial charge in [-0.1, -0.05) is 11.8 Å². The normalized spacial score (nSPS) is 26.9. The Balaban J connectivity index is 2.19. The molecule has 0 aromatic carbocycles. The van der Waals surface area contributed by atoms with Crippen LogP contribution < -0.4 is 10.6 Å². The van der Waals surface area contributed by atoms with Crippen LogP contribution in [-0.4, -0.2) is 51.7 Å². The Bertz CT molecular complexity index is 448. The lowest BCUT2D eigenvalue weighted by Gasteiger charge is -2.41. The number of amides is 4. The SMILES string of the molecule is CC1(C)C(=O)NC(=O)CN1C(=O)C1CSC(=O)N1. The van der Waals surface area contributed by atoms with Crippen LogP contribution in [0.5, 0.6) is 0 Å². The van der Waals surface area contributed by atoms with Crippen LogP contribution in [0.2, 0.25) is 0 Å². The summed E-state index contributed by atoms with van der Waals surface area (Å²) in [5.74, 6) is -1.10. The molecule has 2 aliphatic rings. The van der Waals surface area contributed by atoms with Crippen molar-refractivity contribution in [2.75, 3.05) is 12.3 Å². The smallest absolute Gasteiger partial charge is 0.279 e. The first-order valence-electron chi connectivity index (χ1n) is 5.41. The van der Waals surface area contributed by atoms with Gasteiger partial charge in [-0.15, -0.1) is 0 Å². The first-order valence-corrected chi connectivity index (χ1v) is 6.40. The Morgan fingerprint density at radius 3 is 2.61 bits per heavy atom. The van der Waals surface area contributed by atoms with E-state index in [-0.39, 0.29) is 11.8 Å². The van der Waals surface area contributed by atoms with E-state index in [2.05, 4.69) is 10.6 Å². The van der Waals surface area contributed by atoms with Crippen LogP contribution in [0.15, 0.2) is 0 Å². The van der Waals surface area contributed by atoms with Gasteiger partial charge in [0, 0.05) is 5.75 Å². The fourth-order valence-electron chi connectivity index (χ4n) is 1.84. The van der Waals surface area contributed by atoms with Crippen LogP contribution in [0, 0.1) is 0 Å². The van der Waals surface area contributed by atoms with Gasteiger partial charge in [-0.05, 0) is 13.8 Å². The Morgan fingerprint density at radius 1 is 1.39 bits per heavy atom. The molecule has 2 N–H and O–H groups in total. The van der Waals surface area contributed by atoms with Crippen LogP contribution in [0.3, 0.4) is 0 Å². The fourth-order valence-corrected chi connectivity index (χ4v) is 2.61. The number of piperazine rings is 1. The minimum Gasteiger partial charge on any atom is -0.334 e. The highest BCUT2D eigenvalue weighted by Crippen LogP contribution is 2.22. The summed E-state index contributed by atoms with van der Waals surface area (Å²) in [7, 11) is 0. The average molecular weight is 271 g/mol. The molecule has 7 nitrogen and oxygen atoms in total. The summed E-state index contributed by atoms with van der Waals surface area (Å²) < 4.78 is 0. The second-order valence-corrected chi connectivity index (χ2v) is 5.65. The second kappa shape index (κ2) is 4.27. The Kier molecular flexibility index (Phi) is 3.05. The zero-order chi connectivity index (χ0) is 13.5. The molecule has 0 aromatic rings. The van der Waals surface area contributed by atoms with Gasteiger partial charge in [0.1, 0.15) is 18.1 Å². The number of carbonyl (C=O) groups excluding carboxylic acids is 4. The molecule has 8 heteroatoms. The summed E-state index contributed by atoms with van der Waals surface area (Å²) in [6.07, 6.45) is 0. The van der Waals surface area contributed by atoms with Crippen molar-refractivity contribution < 1.29 is 19.2 Å². The second-order valence-electron chi connectivity index (χ2n) is 4.66. The molecular formula is C10H13N3O4S. The Hall–Kier alpha value is -1.57. The topological polar surface area (TPSA) is 95.6 Å². The number of nitrogens with one attached hydrogen (secondary N) is 2. The molecule has 2 aliphatic heterocycles. The number of imide groups is 1. The number of nitrogens with zero attached hydrogens (tertiary/aromatic N) is 1. The van der Waals surface area contributed by atoms with Crippen molar-refractivity contribution in [3.63, 3.8) is 0 Å². The number of carbonyl (C=O) groups is 4. The predicted molar refractivity (Wildman–Crippen MR) is 63.7 cm³/mol. The molecule has 0 saturated carbocycles. The van der Waals surface area contributed by atoms with Gasteiger partial charge in [0.25, 0.3) is 11.1 Å². The van der Waals surface area contributed by atoms with Gasteiger partial charge < -0.3 is 10.2 Å². The van der Waals surface area contributed by atoms with Crippen LogP contribution in [0.4, 0.5) is 4.79 Å². The Morgan fingerprint density at radius 2 is 2.06 bits per heavy atom. The van der Waals surface area contributed by atoms with Gasteiger partial charge in [-0.3, -0.25) is 24.5 Å². The van der Waals surface area contributed by atoms with E-state index in [1.165, 1.54) is 4.90 Å². The van der Waals surface area contributed by atoms with Crippen molar-refractivity contribution >= 4 is 34.7 Å². The minimum atomic E-state index is -1.09. The summed E-state index contributed by atoms with van der Waals surface area (Å²) in [6.45, 7) is 2.96. The van der Waals surface area contributed by atoms with Crippen molar-refractivity contribution in [3.05, 3.63) is 0 Å². The minimum absolute atomic E-state index is 0.172. The molecule has 2 heterocycles. The van der Waals surface area contributed by atoms with Crippen molar-refractivity contribution in [3.8, 4) is 0 Å². The molecule has 1 atom stereocenters. The van der Waals surface area contributed by atoms with E-state index in [0.717, 1.165) is 11.8 Å². The predicted octanol–water partition coefficient (Wildman–Crippen LogP) is -0.925. The van der Waals surface area contributed by atoms with E-state index in [9.17, 15) is 19.2 Å². The third kappa shape index (κ3) is 2.07. The highest BCUT2D eigenvalue weighted by atomic mass is 32.2. The van der Waals surface area contributed by atoms with Crippen LogP contribution in [0.1, 0.15) is 13.8 Å². The van der Waals surface area contributed by atoms with Gasteiger partial charge in [-0.25, -0.2) is 0 Å². The summed E-state index contributed by atoms with van der Waals surface area (Å²) in [6, 6.07) is -0.666. The quantitative estimate of drug-likeness (QED) is 0.601. The van der Waals surface area contributed by atoms with E-state index >= 15 is 0 Å². The first kappa shape index (κ1) is 12.9. The van der Waals surface area contributed by atoms with Gasteiger partial charge in [0.2, 0.25) is 11.8 Å². The summed E-state index contributed by atoms with van der Waals surface area (Å²) in [5.41, 5.74) is -1.09. The fraction of sp³-hybridized carbons (Fsp3) is 0.600. The van der Waals surface area contributed by atoms with Crippen LogP contribution in [-0.2, 0) is 14.4 Å². The lowest BCUT2D eigenvalue weighted by molar-refractivity contribution is -0.156. The van der Waals surface area contributed by atoms with E-state index in [1.807, 2.05) is 0 Å². The lowest BCUT2D eigenvalue weighted by Crippen LogP contribution is -2.67. The van der Waals surface area contributed by atoms with Gasteiger partial charge in [0.15, 0.2) is 0 Å². The summed E-state index contributed by atoms with van der Waals surface area (Å²) in [5, 5.41) is 4.43. The Labute approximate surface area is 108 Å².